The predicted molar refractivity (Wildman–Crippen MR) is 86.2 cm³/mol. The summed E-state index contributed by atoms with van der Waals surface area (Å²) < 4.78 is 33.2. The van der Waals surface area contributed by atoms with E-state index in [1.807, 2.05) is 26.0 Å². The number of ether oxygens (including phenoxy) is 1. The summed E-state index contributed by atoms with van der Waals surface area (Å²) in [5.41, 5.74) is 1.99. The molecule has 0 amide bonds. The van der Waals surface area contributed by atoms with Gasteiger partial charge in [0.1, 0.15) is 6.10 Å². The van der Waals surface area contributed by atoms with E-state index >= 15 is 0 Å². The van der Waals surface area contributed by atoms with Crippen LogP contribution in [0.3, 0.4) is 0 Å². The van der Waals surface area contributed by atoms with Gasteiger partial charge in [-0.3, -0.25) is 0 Å². The molecule has 2 atom stereocenters. The fourth-order valence-electron chi connectivity index (χ4n) is 2.98. The van der Waals surface area contributed by atoms with E-state index in [-0.39, 0.29) is 11.7 Å². The summed E-state index contributed by atoms with van der Waals surface area (Å²) in [5.74, 6) is 0. The second kappa shape index (κ2) is 5.48. The Morgan fingerprint density at radius 2 is 1.91 bits per heavy atom. The zero-order chi connectivity index (χ0) is 16.0. The van der Waals surface area contributed by atoms with Gasteiger partial charge >= 0.3 is 0 Å². The van der Waals surface area contributed by atoms with Crippen LogP contribution in [0.1, 0.15) is 32.3 Å². The molecule has 0 aliphatic carbocycles. The summed E-state index contributed by atoms with van der Waals surface area (Å²) in [5, 5.41) is 0. The minimum atomic E-state index is -3.49. The molecule has 2 aliphatic heterocycles. The Hall–Kier alpha value is -1.17. The summed E-state index contributed by atoms with van der Waals surface area (Å²) in [6, 6.07) is 7.04. The predicted octanol–water partition coefficient (Wildman–Crippen LogP) is 2.88. The van der Waals surface area contributed by atoms with E-state index < -0.39 is 10.0 Å². The van der Waals surface area contributed by atoms with E-state index in [0.717, 1.165) is 24.0 Å². The first kappa shape index (κ1) is 15.7. The van der Waals surface area contributed by atoms with Crippen LogP contribution in [0.4, 0.5) is 0 Å². The summed E-state index contributed by atoms with van der Waals surface area (Å²) in [7, 11) is -3.49. The Bertz CT molecular complexity index is 693. The highest BCUT2D eigenvalue weighted by atomic mass is 32.2. The van der Waals surface area contributed by atoms with Crippen LogP contribution < -0.4 is 0 Å². The van der Waals surface area contributed by atoms with Crippen LogP contribution in [0.5, 0.6) is 0 Å². The SMILES string of the molecule is C/C1=C\CC[C@@]2(C)O[C@H]2CN(S(=O)(=O)c2ccc(C)cc2)C1. The van der Waals surface area contributed by atoms with Gasteiger partial charge in [0, 0.05) is 13.1 Å². The standard InChI is InChI=1S/C17H23NO3S/c1-13-6-8-15(9-7-13)22(19,20)18-11-14(2)5-4-10-17(3)16(12-18)21-17/h5-9,16H,4,10-12H2,1-3H3/b14-5+/t16-,17+/m0/s1. The number of benzene rings is 1. The van der Waals surface area contributed by atoms with Crippen molar-refractivity contribution in [1.29, 1.82) is 0 Å². The van der Waals surface area contributed by atoms with E-state index in [0.29, 0.717) is 18.0 Å². The number of epoxide rings is 1. The van der Waals surface area contributed by atoms with E-state index in [2.05, 4.69) is 13.0 Å². The topological polar surface area (TPSA) is 49.9 Å². The third-order valence-electron chi connectivity index (χ3n) is 4.62. The molecule has 5 heteroatoms. The van der Waals surface area contributed by atoms with E-state index in [1.165, 1.54) is 0 Å². The summed E-state index contributed by atoms with van der Waals surface area (Å²) in [6.07, 6.45) is 4.03. The molecular weight excluding hydrogens is 298 g/mol. The van der Waals surface area contributed by atoms with Crippen LogP contribution in [0.25, 0.3) is 0 Å². The van der Waals surface area contributed by atoms with Crippen molar-refractivity contribution in [3.63, 3.8) is 0 Å². The number of aryl methyl sites for hydroxylation is 1. The quantitative estimate of drug-likeness (QED) is 0.622. The molecule has 0 saturated carbocycles. The third-order valence-corrected chi connectivity index (χ3v) is 6.45. The van der Waals surface area contributed by atoms with E-state index in [4.69, 9.17) is 4.74 Å². The van der Waals surface area contributed by atoms with Crippen LogP contribution in [0, 0.1) is 6.92 Å². The lowest BCUT2D eigenvalue weighted by molar-refractivity contribution is 0.284. The van der Waals surface area contributed by atoms with Crippen LogP contribution in [0.2, 0.25) is 0 Å². The Balaban J connectivity index is 1.91. The van der Waals surface area contributed by atoms with Crippen molar-refractivity contribution in [2.75, 3.05) is 13.1 Å². The van der Waals surface area contributed by atoms with Gasteiger partial charge in [0.25, 0.3) is 0 Å². The molecule has 0 unspecified atom stereocenters. The smallest absolute Gasteiger partial charge is 0.243 e. The molecule has 0 aromatic heterocycles. The van der Waals surface area contributed by atoms with Crippen LogP contribution in [-0.4, -0.2) is 37.5 Å². The number of allylic oxidation sites excluding steroid dienone is 1. The highest BCUT2D eigenvalue weighted by Crippen LogP contribution is 2.42. The fourth-order valence-corrected chi connectivity index (χ4v) is 4.46. The number of nitrogens with zero attached hydrogens (tertiary/aromatic N) is 1. The maximum Gasteiger partial charge on any atom is 0.243 e. The summed E-state index contributed by atoms with van der Waals surface area (Å²) >= 11 is 0. The molecule has 0 spiro atoms. The van der Waals surface area contributed by atoms with Crippen LogP contribution in [-0.2, 0) is 14.8 Å². The van der Waals surface area contributed by atoms with Crippen molar-refractivity contribution in [1.82, 2.24) is 4.31 Å². The number of sulfonamides is 1. The van der Waals surface area contributed by atoms with Gasteiger partial charge in [-0.25, -0.2) is 8.42 Å². The van der Waals surface area contributed by atoms with Crippen molar-refractivity contribution < 1.29 is 13.2 Å². The highest BCUT2D eigenvalue weighted by molar-refractivity contribution is 7.89. The lowest BCUT2D eigenvalue weighted by atomic mass is 10.0. The van der Waals surface area contributed by atoms with Crippen LogP contribution >= 0.6 is 0 Å². The van der Waals surface area contributed by atoms with Gasteiger partial charge in [-0.1, -0.05) is 29.3 Å². The molecule has 1 aromatic carbocycles. The number of hydrogen-bond acceptors (Lipinski definition) is 3. The lowest BCUT2D eigenvalue weighted by Crippen LogP contribution is -2.36. The lowest BCUT2D eigenvalue weighted by Gasteiger charge is -2.22. The molecule has 120 valence electrons. The zero-order valence-corrected chi connectivity index (χ0v) is 14.2. The molecule has 0 bridgehead atoms. The number of rotatable bonds is 2. The molecule has 2 aliphatic rings. The highest BCUT2D eigenvalue weighted by Gasteiger charge is 2.53. The Kier molecular flexibility index (Phi) is 3.91. The van der Waals surface area contributed by atoms with Gasteiger partial charge in [-0.15, -0.1) is 0 Å². The molecule has 2 heterocycles. The second-order valence-electron chi connectivity index (χ2n) is 6.62. The Morgan fingerprint density at radius 1 is 1.23 bits per heavy atom. The summed E-state index contributed by atoms with van der Waals surface area (Å²) in [6.45, 7) is 6.89. The Morgan fingerprint density at radius 3 is 2.59 bits per heavy atom. The van der Waals surface area contributed by atoms with Crippen molar-refractivity contribution >= 4 is 10.0 Å². The van der Waals surface area contributed by atoms with Crippen molar-refractivity contribution in [3.05, 3.63) is 41.5 Å². The average molecular weight is 321 g/mol. The number of hydrogen-bond donors (Lipinski definition) is 0. The monoisotopic (exact) mass is 321 g/mol. The molecule has 0 N–H and O–H groups in total. The fraction of sp³-hybridized carbons (Fsp3) is 0.529. The van der Waals surface area contributed by atoms with Gasteiger partial charge in [0.2, 0.25) is 10.0 Å². The van der Waals surface area contributed by atoms with E-state index in [1.54, 1.807) is 16.4 Å². The van der Waals surface area contributed by atoms with Gasteiger partial charge < -0.3 is 4.74 Å². The van der Waals surface area contributed by atoms with Gasteiger partial charge in [-0.05, 0) is 45.7 Å². The first-order valence-electron chi connectivity index (χ1n) is 7.71. The first-order valence-corrected chi connectivity index (χ1v) is 9.15. The second-order valence-corrected chi connectivity index (χ2v) is 8.56. The first-order chi connectivity index (χ1) is 10.3. The molecule has 1 fully saturated rings. The molecule has 1 aromatic rings. The van der Waals surface area contributed by atoms with Crippen molar-refractivity contribution in [3.8, 4) is 0 Å². The van der Waals surface area contributed by atoms with Gasteiger partial charge in [0.15, 0.2) is 0 Å². The van der Waals surface area contributed by atoms with Gasteiger partial charge in [-0.2, -0.15) is 4.31 Å². The summed E-state index contributed by atoms with van der Waals surface area (Å²) in [4.78, 5) is 0.354. The molecule has 0 radical (unpaired) electrons. The largest absolute Gasteiger partial charge is 0.365 e. The minimum Gasteiger partial charge on any atom is -0.365 e. The van der Waals surface area contributed by atoms with E-state index in [9.17, 15) is 8.42 Å². The van der Waals surface area contributed by atoms with Gasteiger partial charge in [0.05, 0.1) is 10.5 Å². The normalized spacial score (nSPS) is 32.1. The number of fused-ring (bicyclic) bond motifs is 1. The van der Waals surface area contributed by atoms with Crippen molar-refractivity contribution in [2.45, 2.75) is 50.2 Å². The molecule has 22 heavy (non-hydrogen) atoms. The van der Waals surface area contributed by atoms with Crippen LogP contribution in [0.15, 0.2) is 40.8 Å². The molecular formula is C17H23NO3S. The van der Waals surface area contributed by atoms with Crippen molar-refractivity contribution in [2.24, 2.45) is 0 Å². The Labute approximate surface area is 132 Å². The molecule has 4 nitrogen and oxygen atoms in total. The maximum atomic E-state index is 12.9. The average Bonchev–Trinajstić information content (AvgIpc) is 3.07. The zero-order valence-electron chi connectivity index (χ0n) is 13.4. The minimum absolute atomic E-state index is 0.00650. The molecule has 1 saturated heterocycles. The third kappa shape index (κ3) is 2.98. The maximum absolute atomic E-state index is 12.9. The molecule has 3 rings (SSSR count).